The van der Waals surface area contributed by atoms with Crippen molar-refractivity contribution >= 4 is 11.8 Å². The number of thioether (sulfide) groups is 1. The monoisotopic (exact) mass is 392 g/mol. The molecule has 4 aromatic rings. The van der Waals surface area contributed by atoms with Crippen LogP contribution in [0, 0.1) is 12.7 Å². The van der Waals surface area contributed by atoms with E-state index in [-0.39, 0.29) is 11.1 Å². The summed E-state index contributed by atoms with van der Waals surface area (Å²) in [5.41, 5.74) is 3.48. The zero-order valence-corrected chi connectivity index (χ0v) is 16.2. The first-order valence-corrected chi connectivity index (χ1v) is 9.63. The van der Waals surface area contributed by atoms with Gasteiger partial charge in [-0.15, -0.1) is 10.2 Å². The molecule has 0 unspecified atom stereocenters. The Morgan fingerprint density at radius 1 is 0.929 bits per heavy atom. The third-order valence-electron chi connectivity index (χ3n) is 4.07. The minimum absolute atomic E-state index is 0.132. The summed E-state index contributed by atoms with van der Waals surface area (Å²) < 4.78 is 18.8. The molecule has 0 aliphatic heterocycles. The van der Waals surface area contributed by atoms with Gasteiger partial charge >= 0.3 is 0 Å². The molecule has 0 bridgehead atoms. The maximum absolute atomic E-state index is 13.1. The zero-order valence-electron chi connectivity index (χ0n) is 15.3. The number of benzene rings is 2. The topological polar surface area (TPSA) is 64.7 Å². The van der Waals surface area contributed by atoms with Gasteiger partial charge in [0.15, 0.2) is 5.16 Å². The van der Waals surface area contributed by atoms with Gasteiger partial charge in [0.2, 0.25) is 11.8 Å². The first-order chi connectivity index (χ1) is 13.6. The molecule has 2 aromatic carbocycles. The fourth-order valence-corrected chi connectivity index (χ4v) is 3.53. The van der Waals surface area contributed by atoms with Crippen molar-refractivity contribution < 1.29 is 8.81 Å². The highest BCUT2D eigenvalue weighted by molar-refractivity contribution is 7.99. The van der Waals surface area contributed by atoms with E-state index in [4.69, 9.17) is 4.42 Å². The average Bonchev–Trinajstić information content (AvgIpc) is 3.19. The number of hydrogen-bond donors (Lipinski definition) is 0. The maximum atomic E-state index is 13.1. The second-order valence-electron chi connectivity index (χ2n) is 6.26. The second kappa shape index (κ2) is 7.90. The quantitative estimate of drug-likeness (QED) is 0.330. The van der Waals surface area contributed by atoms with E-state index >= 15 is 0 Å². The van der Waals surface area contributed by atoms with Crippen LogP contribution < -0.4 is 0 Å². The van der Waals surface area contributed by atoms with Crippen LogP contribution in [0.4, 0.5) is 4.39 Å². The third-order valence-corrected chi connectivity index (χ3v) is 5.01. The summed E-state index contributed by atoms with van der Waals surface area (Å²) in [6, 6.07) is 17.9. The van der Waals surface area contributed by atoms with E-state index in [1.165, 1.54) is 23.9 Å². The first-order valence-electron chi connectivity index (χ1n) is 8.75. The fraction of sp³-hybridized carbons (Fsp3) is 0.143. The van der Waals surface area contributed by atoms with Crippen LogP contribution in [0.3, 0.4) is 0 Å². The van der Waals surface area contributed by atoms with Crippen LogP contribution in [0.2, 0.25) is 0 Å². The number of aryl methyl sites for hydroxylation is 1. The molecule has 0 spiro atoms. The lowest BCUT2D eigenvalue weighted by Crippen LogP contribution is -1.96. The highest BCUT2D eigenvalue weighted by Crippen LogP contribution is 2.34. The maximum Gasteiger partial charge on any atom is 0.247 e. The molecule has 0 radical (unpaired) electrons. The lowest BCUT2D eigenvalue weighted by Gasteiger charge is -2.08. The van der Waals surface area contributed by atoms with Crippen LogP contribution in [-0.4, -0.2) is 20.2 Å². The predicted molar refractivity (Wildman–Crippen MR) is 106 cm³/mol. The number of nitrogens with zero attached hydrogens (tertiary/aromatic N) is 4. The molecule has 0 saturated heterocycles. The van der Waals surface area contributed by atoms with Crippen molar-refractivity contribution in [3.8, 4) is 22.7 Å². The van der Waals surface area contributed by atoms with Crippen molar-refractivity contribution in [2.75, 3.05) is 0 Å². The van der Waals surface area contributed by atoms with Gasteiger partial charge in [0.25, 0.3) is 0 Å². The molecule has 2 aromatic heterocycles. The number of aromatic nitrogens is 4. The van der Waals surface area contributed by atoms with Gasteiger partial charge in [0.05, 0.1) is 10.9 Å². The number of halogens is 1. The van der Waals surface area contributed by atoms with Crippen LogP contribution in [0.25, 0.3) is 22.7 Å². The molecule has 5 nitrogen and oxygen atoms in total. The zero-order chi connectivity index (χ0) is 19.5. The largest absolute Gasteiger partial charge is 0.419 e. The SMILES string of the molecule is Cc1cc(-c2ccccc2)nc(S[C@H](C)c2nnc(-c3ccc(F)cc3)o2)n1. The third kappa shape index (κ3) is 4.09. The molecule has 4 rings (SSSR count). The van der Waals surface area contributed by atoms with Crippen LogP contribution in [-0.2, 0) is 0 Å². The van der Waals surface area contributed by atoms with Gasteiger partial charge in [-0.25, -0.2) is 14.4 Å². The molecular formula is C21H17FN4OS. The number of hydrogen-bond acceptors (Lipinski definition) is 6. The molecule has 0 aliphatic rings. The molecule has 140 valence electrons. The summed E-state index contributed by atoms with van der Waals surface area (Å²) in [6.07, 6.45) is 0. The predicted octanol–water partition coefficient (Wildman–Crippen LogP) is 5.49. The van der Waals surface area contributed by atoms with Gasteiger partial charge in [-0.1, -0.05) is 42.1 Å². The van der Waals surface area contributed by atoms with Crippen molar-refractivity contribution in [2.45, 2.75) is 24.3 Å². The molecule has 2 heterocycles. The smallest absolute Gasteiger partial charge is 0.247 e. The highest BCUT2D eigenvalue weighted by atomic mass is 32.2. The Morgan fingerprint density at radius 3 is 2.43 bits per heavy atom. The molecule has 7 heteroatoms. The van der Waals surface area contributed by atoms with Crippen molar-refractivity contribution in [3.05, 3.63) is 78.1 Å². The molecule has 0 N–H and O–H groups in total. The van der Waals surface area contributed by atoms with Gasteiger partial charge in [0, 0.05) is 16.8 Å². The summed E-state index contributed by atoms with van der Waals surface area (Å²) in [6.45, 7) is 3.91. The molecule has 28 heavy (non-hydrogen) atoms. The lowest BCUT2D eigenvalue weighted by molar-refractivity contribution is 0.509. The van der Waals surface area contributed by atoms with Gasteiger partial charge in [-0.2, -0.15) is 0 Å². The van der Waals surface area contributed by atoms with Crippen LogP contribution in [0.5, 0.6) is 0 Å². The molecule has 0 aliphatic carbocycles. The van der Waals surface area contributed by atoms with E-state index in [2.05, 4.69) is 20.2 Å². The van der Waals surface area contributed by atoms with Crippen molar-refractivity contribution in [2.24, 2.45) is 0 Å². The van der Waals surface area contributed by atoms with E-state index in [9.17, 15) is 4.39 Å². The van der Waals surface area contributed by atoms with E-state index in [1.807, 2.05) is 50.2 Å². The Labute approximate surface area is 166 Å². The van der Waals surface area contributed by atoms with Crippen LogP contribution in [0.1, 0.15) is 23.8 Å². The lowest BCUT2D eigenvalue weighted by atomic mass is 10.1. The van der Waals surface area contributed by atoms with Gasteiger partial charge in [-0.3, -0.25) is 0 Å². The van der Waals surface area contributed by atoms with E-state index in [0.29, 0.717) is 22.5 Å². The van der Waals surface area contributed by atoms with Crippen LogP contribution >= 0.6 is 11.8 Å². The molecule has 0 fully saturated rings. The van der Waals surface area contributed by atoms with Crippen molar-refractivity contribution in [3.63, 3.8) is 0 Å². The Kier molecular flexibility index (Phi) is 5.16. The molecule has 0 saturated carbocycles. The highest BCUT2D eigenvalue weighted by Gasteiger charge is 2.18. The normalized spacial score (nSPS) is 12.1. The number of rotatable bonds is 5. The Bertz CT molecular complexity index is 1080. The minimum Gasteiger partial charge on any atom is -0.419 e. The fourth-order valence-electron chi connectivity index (χ4n) is 2.67. The molecule has 1 atom stereocenters. The Morgan fingerprint density at radius 2 is 1.68 bits per heavy atom. The van der Waals surface area contributed by atoms with Crippen LogP contribution in [0.15, 0.2) is 70.2 Å². The summed E-state index contributed by atoms with van der Waals surface area (Å²) in [7, 11) is 0. The standard InChI is InChI=1S/C21H17FN4OS/c1-13-12-18(15-6-4-3-5-7-15)24-21(23-13)28-14(2)19-25-26-20(27-19)16-8-10-17(22)11-9-16/h3-12,14H,1-2H3/t14-/m1/s1. The summed E-state index contributed by atoms with van der Waals surface area (Å²) >= 11 is 1.45. The van der Waals surface area contributed by atoms with Gasteiger partial charge in [-0.05, 0) is 44.2 Å². The van der Waals surface area contributed by atoms with Crippen molar-refractivity contribution in [1.82, 2.24) is 20.2 Å². The minimum atomic E-state index is -0.307. The Hall–Kier alpha value is -3.06. The second-order valence-corrected chi connectivity index (χ2v) is 7.56. The van der Waals surface area contributed by atoms with Gasteiger partial charge in [0.1, 0.15) is 5.82 Å². The van der Waals surface area contributed by atoms with Gasteiger partial charge < -0.3 is 4.42 Å². The average molecular weight is 392 g/mol. The van der Waals surface area contributed by atoms with E-state index in [0.717, 1.165) is 17.0 Å². The summed E-state index contributed by atoms with van der Waals surface area (Å²) in [5.74, 6) is 0.520. The first kappa shape index (κ1) is 18.3. The van der Waals surface area contributed by atoms with E-state index < -0.39 is 0 Å². The van der Waals surface area contributed by atoms with Crippen molar-refractivity contribution in [1.29, 1.82) is 0 Å². The summed E-state index contributed by atoms with van der Waals surface area (Å²) in [5, 5.41) is 8.71. The Balaban J connectivity index is 1.55. The molecule has 0 amide bonds. The van der Waals surface area contributed by atoms with E-state index in [1.54, 1.807) is 12.1 Å². The molecular weight excluding hydrogens is 375 g/mol. The summed E-state index contributed by atoms with van der Waals surface area (Å²) in [4.78, 5) is 9.18.